The minimum Gasteiger partial charge on any atom is -0.497 e. The van der Waals surface area contributed by atoms with Crippen LogP contribution in [0.1, 0.15) is 5.56 Å². The van der Waals surface area contributed by atoms with Crippen molar-refractivity contribution in [1.29, 1.82) is 0 Å². The van der Waals surface area contributed by atoms with E-state index in [1.165, 1.54) is 31.4 Å². The van der Waals surface area contributed by atoms with E-state index in [-0.39, 0.29) is 11.5 Å². The van der Waals surface area contributed by atoms with Crippen LogP contribution in [0.3, 0.4) is 0 Å². The van der Waals surface area contributed by atoms with Gasteiger partial charge in [-0.3, -0.25) is 9.52 Å². The maximum Gasteiger partial charge on any atom is 0.262 e. The van der Waals surface area contributed by atoms with Gasteiger partial charge < -0.3 is 14.8 Å². The molecular formula is C22H20Cl2N2O5S. The average Bonchev–Trinajstić information content (AvgIpc) is 2.75. The number of carbonyl (C=O) groups excluding carboxylic acids is 1. The minimum atomic E-state index is -3.80. The third-order valence-electron chi connectivity index (χ3n) is 4.36. The van der Waals surface area contributed by atoms with Gasteiger partial charge in [-0.25, -0.2) is 8.42 Å². The molecule has 7 nitrogen and oxygen atoms in total. The molecule has 168 valence electrons. The number of hydrogen-bond acceptors (Lipinski definition) is 5. The van der Waals surface area contributed by atoms with Gasteiger partial charge in [0.05, 0.1) is 22.7 Å². The van der Waals surface area contributed by atoms with Gasteiger partial charge in [-0.15, -0.1) is 0 Å². The predicted molar refractivity (Wildman–Crippen MR) is 126 cm³/mol. The monoisotopic (exact) mass is 494 g/mol. The maximum atomic E-state index is 12.7. The molecule has 3 rings (SSSR count). The molecular weight excluding hydrogens is 475 g/mol. The Morgan fingerprint density at radius 1 is 1.00 bits per heavy atom. The number of amides is 1. The SMILES string of the molecule is COc1ccc(NS(=O)(=O)c2ccc(OCC(=O)Nc3ccc(Cl)cc3Cl)c(C)c2)cc1. The number of carbonyl (C=O) groups is 1. The summed E-state index contributed by atoms with van der Waals surface area (Å²) in [6.07, 6.45) is 0. The molecule has 0 fully saturated rings. The molecule has 3 aromatic rings. The van der Waals surface area contributed by atoms with Crippen LogP contribution in [0.15, 0.2) is 65.6 Å². The lowest BCUT2D eigenvalue weighted by Gasteiger charge is -2.13. The van der Waals surface area contributed by atoms with E-state index >= 15 is 0 Å². The summed E-state index contributed by atoms with van der Waals surface area (Å²) in [5, 5.41) is 3.39. The van der Waals surface area contributed by atoms with Crippen molar-refractivity contribution in [3.05, 3.63) is 76.3 Å². The van der Waals surface area contributed by atoms with Crippen molar-refractivity contribution in [3.8, 4) is 11.5 Å². The highest BCUT2D eigenvalue weighted by molar-refractivity contribution is 7.92. The molecule has 0 aromatic heterocycles. The Balaban J connectivity index is 1.64. The number of methoxy groups -OCH3 is 1. The first-order valence-electron chi connectivity index (χ1n) is 9.33. The van der Waals surface area contributed by atoms with E-state index in [0.717, 1.165) is 0 Å². The van der Waals surface area contributed by atoms with Crippen LogP contribution < -0.4 is 19.5 Å². The van der Waals surface area contributed by atoms with Crippen molar-refractivity contribution < 1.29 is 22.7 Å². The standard InChI is InChI=1S/C22H20Cl2N2O5S/c1-14-11-18(32(28,29)26-16-4-6-17(30-2)7-5-16)8-10-21(14)31-13-22(27)25-20-9-3-15(23)12-19(20)24/h3-12,26H,13H2,1-2H3,(H,25,27). The predicted octanol–water partition coefficient (Wildman–Crippen LogP) is 5.13. The Morgan fingerprint density at radius 3 is 2.34 bits per heavy atom. The lowest BCUT2D eigenvalue weighted by atomic mass is 10.2. The van der Waals surface area contributed by atoms with Crippen molar-refractivity contribution in [3.63, 3.8) is 0 Å². The van der Waals surface area contributed by atoms with Crippen molar-refractivity contribution >= 4 is 50.5 Å². The molecule has 3 aromatic carbocycles. The normalized spacial score (nSPS) is 11.0. The maximum absolute atomic E-state index is 12.7. The molecule has 0 aliphatic carbocycles. The molecule has 1 amide bonds. The van der Waals surface area contributed by atoms with Crippen LogP contribution in [0.5, 0.6) is 11.5 Å². The number of halogens is 2. The van der Waals surface area contributed by atoms with Crippen molar-refractivity contribution in [2.45, 2.75) is 11.8 Å². The number of benzene rings is 3. The fraction of sp³-hybridized carbons (Fsp3) is 0.136. The first kappa shape index (κ1) is 23.7. The Hall–Kier alpha value is -2.94. The van der Waals surface area contributed by atoms with E-state index in [4.69, 9.17) is 32.7 Å². The van der Waals surface area contributed by atoms with Gasteiger partial charge in [0.1, 0.15) is 11.5 Å². The van der Waals surface area contributed by atoms with Gasteiger partial charge in [-0.05, 0) is 73.2 Å². The van der Waals surface area contributed by atoms with Gasteiger partial charge in [-0.2, -0.15) is 0 Å². The van der Waals surface area contributed by atoms with Crippen LogP contribution in [0, 0.1) is 6.92 Å². The topological polar surface area (TPSA) is 93.7 Å². The summed E-state index contributed by atoms with van der Waals surface area (Å²) < 4.78 is 38.5. The number of aryl methyl sites for hydroxylation is 1. The van der Waals surface area contributed by atoms with Crippen molar-refractivity contribution in [1.82, 2.24) is 0 Å². The summed E-state index contributed by atoms with van der Waals surface area (Å²) in [6, 6.07) is 15.6. The minimum absolute atomic E-state index is 0.0653. The molecule has 0 unspecified atom stereocenters. The first-order valence-corrected chi connectivity index (χ1v) is 11.6. The summed E-state index contributed by atoms with van der Waals surface area (Å²) in [4.78, 5) is 12.2. The molecule has 0 aliphatic heterocycles. The summed E-state index contributed by atoms with van der Waals surface area (Å²) in [7, 11) is -2.27. The molecule has 0 saturated carbocycles. The quantitative estimate of drug-likeness (QED) is 0.452. The van der Waals surface area contributed by atoms with E-state index in [1.807, 2.05) is 0 Å². The van der Waals surface area contributed by atoms with Gasteiger partial charge >= 0.3 is 0 Å². The summed E-state index contributed by atoms with van der Waals surface area (Å²) >= 11 is 11.9. The van der Waals surface area contributed by atoms with Crippen LogP contribution in [-0.2, 0) is 14.8 Å². The van der Waals surface area contributed by atoms with Gasteiger partial charge in [0.2, 0.25) is 0 Å². The summed E-state index contributed by atoms with van der Waals surface area (Å²) in [5.41, 5.74) is 1.37. The molecule has 32 heavy (non-hydrogen) atoms. The number of nitrogens with one attached hydrogen (secondary N) is 2. The summed E-state index contributed by atoms with van der Waals surface area (Å²) in [6.45, 7) is 1.41. The molecule has 0 heterocycles. The lowest BCUT2D eigenvalue weighted by Crippen LogP contribution is -2.20. The number of anilines is 2. The molecule has 0 spiro atoms. The van der Waals surface area contributed by atoms with E-state index in [1.54, 1.807) is 43.3 Å². The molecule has 0 saturated heterocycles. The first-order chi connectivity index (χ1) is 15.2. The second-order valence-electron chi connectivity index (χ2n) is 6.72. The number of hydrogen-bond donors (Lipinski definition) is 2. The van der Waals surface area contributed by atoms with Crippen LogP contribution in [-0.4, -0.2) is 28.0 Å². The van der Waals surface area contributed by atoms with Crippen LogP contribution >= 0.6 is 23.2 Å². The fourth-order valence-electron chi connectivity index (χ4n) is 2.74. The highest BCUT2D eigenvalue weighted by atomic mass is 35.5. The molecule has 0 bridgehead atoms. The van der Waals surface area contributed by atoms with Gasteiger partial charge in [0.15, 0.2) is 6.61 Å². The molecule has 0 atom stereocenters. The van der Waals surface area contributed by atoms with Crippen LogP contribution in [0.25, 0.3) is 0 Å². The van der Waals surface area contributed by atoms with Crippen LogP contribution in [0.4, 0.5) is 11.4 Å². The smallest absolute Gasteiger partial charge is 0.262 e. The van der Waals surface area contributed by atoms with Gasteiger partial charge in [-0.1, -0.05) is 23.2 Å². The van der Waals surface area contributed by atoms with Crippen molar-refractivity contribution in [2.75, 3.05) is 23.8 Å². The second-order valence-corrected chi connectivity index (χ2v) is 9.25. The average molecular weight is 495 g/mol. The third-order valence-corrected chi connectivity index (χ3v) is 6.29. The highest BCUT2D eigenvalue weighted by Gasteiger charge is 2.16. The van der Waals surface area contributed by atoms with Crippen LogP contribution in [0.2, 0.25) is 10.0 Å². The Labute approximate surface area is 196 Å². The van der Waals surface area contributed by atoms with Gasteiger partial charge in [0, 0.05) is 10.7 Å². The van der Waals surface area contributed by atoms with E-state index in [9.17, 15) is 13.2 Å². The molecule has 2 N–H and O–H groups in total. The zero-order valence-corrected chi connectivity index (χ0v) is 19.5. The zero-order valence-electron chi connectivity index (χ0n) is 17.2. The lowest BCUT2D eigenvalue weighted by molar-refractivity contribution is -0.118. The number of sulfonamides is 1. The summed E-state index contributed by atoms with van der Waals surface area (Å²) in [5.74, 6) is 0.574. The largest absolute Gasteiger partial charge is 0.497 e. The van der Waals surface area contributed by atoms with E-state index in [0.29, 0.717) is 38.5 Å². The zero-order chi connectivity index (χ0) is 23.3. The van der Waals surface area contributed by atoms with E-state index < -0.39 is 15.9 Å². The van der Waals surface area contributed by atoms with Crippen molar-refractivity contribution in [2.24, 2.45) is 0 Å². The number of rotatable bonds is 8. The fourth-order valence-corrected chi connectivity index (χ4v) is 4.34. The Morgan fingerprint density at radius 2 is 1.72 bits per heavy atom. The van der Waals surface area contributed by atoms with E-state index in [2.05, 4.69) is 10.0 Å². The van der Waals surface area contributed by atoms with Gasteiger partial charge in [0.25, 0.3) is 15.9 Å². The Kier molecular flexibility index (Phi) is 7.50. The Bertz CT molecular complexity index is 1230. The highest BCUT2D eigenvalue weighted by Crippen LogP contribution is 2.26. The molecule has 10 heteroatoms. The molecule has 0 aliphatic rings. The third kappa shape index (κ3) is 6.06. The number of ether oxygens (including phenoxy) is 2. The second kappa shape index (κ2) is 10.1. The molecule has 0 radical (unpaired) electrons.